The van der Waals surface area contributed by atoms with Crippen molar-refractivity contribution in [2.45, 2.75) is 39.3 Å². The number of amides is 2. The van der Waals surface area contributed by atoms with Crippen LogP contribution in [0.5, 0.6) is 11.6 Å². The number of benzene rings is 1. The van der Waals surface area contributed by atoms with Gasteiger partial charge in [0.15, 0.2) is 6.10 Å². The van der Waals surface area contributed by atoms with E-state index in [2.05, 4.69) is 11.9 Å². The molecular weight excluding hydrogens is 348 g/mol. The van der Waals surface area contributed by atoms with Crippen molar-refractivity contribution < 1.29 is 23.9 Å². The Bertz CT molecular complexity index is 846. The first-order valence-corrected chi connectivity index (χ1v) is 8.69. The Morgan fingerprint density at radius 2 is 1.85 bits per heavy atom. The third-order valence-corrected chi connectivity index (χ3v) is 4.20. The first-order valence-electron chi connectivity index (χ1n) is 8.69. The van der Waals surface area contributed by atoms with Gasteiger partial charge in [0.2, 0.25) is 11.8 Å². The fourth-order valence-electron chi connectivity index (χ4n) is 2.77. The summed E-state index contributed by atoms with van der Waals surface area (Å²) in [5.74, 6) is -0.367. The molecule has 7 nitrogen and oxygen atoms in total. The molecule has 7 heteroatoms. The van der Waals surface area contributed by atoms with Crippen LogP contribution in [-0.4, -0.2) is 33.8 Å². The van der Waals surface area contributed by atoms with Crippen LogP contribution < -0.4 is 4.74 Å². The number of pyridine rings is 1. The van der Waals surface area contributed by atoms with E-state index >= 15 is 0 Å². The number of rotatable bonds is 6. The SMILES string of the molecule is CCc1ccc(Oc2ccc(CN3C(=O)CC(OC(C)=O)C3=O)cn2)cc1. The maximum atomic E-state index is 12.2. The van der Waals surface area contributed by atoms with Crippen molar-refractivity contribution in [2.24, 2.45) is 0 Å². The minimum atomic E-state index is -1.03. The van der Waals surface area contributed by atoms with Gasteiger partial charge in [-0.2, -0.15) is 0 Å². The lowest BCUT2D eigenvalue weighted by molar-refractivity contribution is -0.154. The van der Waals surface area contributed by atoms with Crippen LogP contribution in [0.1, 0.15) is 31.4 Å². The second kappa shape index (κ2) is 7.99. The zero-order valence-corrected chi connectivity index (χ0v) is 15.2. The second-order valence-electron chi connectivity index (χ2n) is 6.22. The molecule has 1 atom stereocenters. The number of esters is 1. The second-order valence-corrected chi connectivity index (χ2v) is 6.22. The van der Waals surface area contributed by atoms with Gasteiger partial charge >= 0.3 is 5.97 Å². The topological polar surface area (TPSA) is 85.8 Å². The molecule has 1 aliphatic heterocycles. The Balaban J connectivity index is 1.62. The van der Waals surface area contributed by atoms with Crippen LogP contribution in [0.25, 0.3) is 0 Å². The highest BCUT2D eigenvalue weighted by atomic mass is 16.5. The van der Waals surface area contributed by atoms with Gasteiger partial charge < -0.3 is 9.47 Å². The van der Waals surface area contributed by atoms with Gasteiger partial charge in [0.25, 0.3) is 5.91 Å². The van der Waals surface area contributed by atoms with Gasteiger partial charge in [0, 0.05) is 19.2 Å². The van der Waals surface area contributed by atoms with E-state index in [-0.39, 0.29) is 18.9 Å². The molecule has 140 valence electrons. The standard InChI is InChI=1S/C20H20N2O5/c1-3-14-4-7-16(8-5-14)27-18-9-6-15(11-21-18)12-22-19(24)10-17(20(22)25)26-13(2)23/h4-9,11,17H,3,10,12H2,1-2H3. The summed E-state index contributed by atoms with van der Waals surface area (Å²) in [6, 6.07) is 11.2. The van der Waals surface area contributed by atoms with Crippen molar-refractivity contribution in [3.05, 3.63) is 53.7 Å². The molecule has 0 spiro atoms. The number of ether oxygens (including phenoxy) is 2. The summed E-state index contributed by atoms with van der Waals surface area (Å²) >= 11 is 0. The van der Waals surface area contributed by atoms with Crippen LogP contribution in [0.15, 0.2) is 42.6 Å². The molecule has 3 rings (SSSR count). The van der Waals surface area contributed by atoms with E-state index in [1.54, 1.807) is 18.3 Å². The fraction of sp³-hybridized carbons (Fsp3) is 0.300. The normalized spacial score (nSPS) is 16.5. The van der Waals surface area contributed by atoms with Crippen LogP contribution in [-0.2, 0) is 32.1 Å². The molecular formula is C20H20N2O5. The molecule has 0 bridgehead atoms. The Morgan fingerprint density at radius 3 is 2.44 bits per heavy atom. The molecule has 2 heterocycles. The molecule has 1 saturated heterocycles. The van der Waals surface area contributed by atoms with E-state index in [1.807, 2.05) is 24.3 Å². The van der Waals surface area contributed by atoms with Gasteiger partial charge in [-0.1, -0.05) is 25.1 Å². The monoisotopic (exact) mass is 368 g/mol. The number of carbonyl (C=O) groups excluding carboxylic acids is 3. The largest absolute Gasteiger partial charge is 0.452 e. The molecule has 1 aliphatic rings. The van der Waals surface area contributed by atoms with Crippen LogP contribution in [0.2, 0.25) is 0 Å². The third kappa shape index (κ3) is 4.49. The van der Waals surface area contributed by atoms with Gasteiger partial charge in [-0.3, -0.25) is 19.3 Å². The lowest BCUT2D eigenvalue weighted by Crippen LogP contribution is -2.33. The van der Waals surface area contributed by atoms with Crippen molar-refractivity contribution >= 4 is 17.8 Å². The molecule has 0 radical (unpaired) electrons. The van der Waals surface area contributed by atoms with E-state index in [1.165, 1.54) is 12.5 Å². The van der Waals surface area contributed by atoms with Gasteiger partial charge in [-0.25, -0.2) is 4.98 Å². The van der Waals surface area contributed by atoms with E-state index in [9.17, 15) is 14.4 Å². The number of aryl methyl sites for hydroxylation is 1. The number of imide groups is 1. The maximum absolute atomic E-state index is 12.2. The van der Waals surface area contributed by atoms with E-state index in [0.29, 0.717) is 17.2 Å². The van der Waals surface area contributed by atoms with Gasteiger partial charge in [0.05, 0.1) is 13.0 Å². The summed E-state index contributed by atoms with van der Waals surface area (Å²) in [5.41, 5.74) is 1.89. The predicted octanol–water partition coefficient (Wildman–Crippen LogP) is 2.63. The highest BCUT2D eigenvalue weighted by molar-refractivity contribution is 6.05. The van der Waals surface area contributed by atoms with E-state index in [0.717, 1.165) is 11.3 Å². The average molecular weight is 368 g/mol. The third-order valence-electron chi connectivity index (χ3n) is 4.20. The smallest absolute Gasteiger partial charge is 0.303 e. The van der Waals surface area contributed by atoms with Crippen LogP contribution in [0.3, 0.4) is 0 Å². The highest BCUT2D eigenvalue weighted by Gasteiger charge is 2.40. The molecule has 1 aromatic heterocycles. The maximum Gasteiger partial charge on any atom is 0.303 e. The van der Waals surface area contributed by atoms with Crippen molar-refractivity contribution in [1.29, 1.82) is 0 Å². The summed E-state index contributed by atoms with van der Waals surface area (Å²) in [6.45, 7) is 3.37. The van der Waals surface area contributed by atoms with Crippen LogP contribution in [0, 0.1) is 0 Å². The Hall–Kier alpha value is -3.22. The van der Waals surface area contributed by atoms with Crippen LogP contribution >= 0.6 is 0 Å². The Kier molecular flexibility index (Phi) is 5.49. The van der Waals surface area contributed by atoms with Gasteiger partial charge in [-0.05, 0) is 29.7 Å². The molecule has 1 aromatic carbocycles. The minimum Gasteiger partial charge on any atom is -0.452 e. The first-order chi connectivity index (χ1) is 13.0. The summed E-state index contributed by atoms with van der Waals surface area (Å²) in [5, 5.41) is 0. The fourth-order valence-corrected chi connectivity index (χ4v) is 2.77. The Labute approximate surface area is 156 Å². The number of carbonyl (C=O) groups is 3. The summed E-state index contributed by atoms with van der Waals surface area (Å²) in [6.07, 6.45) is 1.35. The molecule has 0 aliphatic carbocycles. The van der Waals surface area contributed by atoms with Gasteiger partial charge in [0.1, 0.15) is 5.75 Å². The molecule has 1 fully saturated rings. The van der Waals surface area contributed by atoms with Crippen molar-refractivity contribution in [2.75, 3.05) is 0 Å². The number of hydrogen-bond donors (Lipinski definition) is 0. The number of nitrogens with zero attached hydrogens (tertiary/aromatic N) is 2. The average Bonchev–Trinajstić information content (AvgIpc) is 2.91. The van der Waals surface area contributed by atoms with Crippen molar-refractivity contribution in [1.82, 2.24) is 9.88 Å². The lowest BCUT2D eigenvalue weighted by Gasteiger charge is -2.15. The van der Waals surface area contributed by atoms with E-state index < -0.39 is 18.0 Å². The number of hydrogen-bond acceptors (Lipinski definition) is 6. The lowest BCUT2D eigenvalue weighted by atomic mass is 10.2. The number of aromatic nitrogens is 1. The summed E-state index contributed by atoms with van der Waals surface area (Å²) < 4.78 is 10.6. The van der Waals surface area contributed by atoms with Gasteiger partial charge in [-0.15, -0.1) is 0 Å². The molecule has 27 heavy (non-hydrogen) atoms. The van der Waals surface area contributed by atoms with E-state index in [4.69, 9.17) is 9.47 Å². The molecule has 1 unspecified atom stereocenters. The first kappa shape index (κ1) is 18.6. The molecule has 2 aromatic rings. The molecule has 0 N–H and O–H groups in total. The Morgan fingerprint density at radius 1 is 1.15 bits per heavy atom. The number of likely N-dealkylation sites (tertiary alicyclic amines) is 1. The predicted molar refractivity (Wildman–Crippen MR) is 95.9 cm³/mol. The van der Waals surface area contributed by atoms with Crippen molar-refractivity contribution in [3.63, 3.8) is 0 Å². The summed E-state index contributed by atoms with van der Waals surface area (Å²) in [4.78, 5) is 40.5. The highest BCUT2D eigenvalue weighted by Crippen LogP contribution is 2.22. The minimum absolute atomic E-state index is 0.0773. The zero-order chi connectivity index (χ0) is 19.4. The quantitative estimate of drug-likeness (QED) is 0.575. The molecule has 2 amide bonds. The van der Waals surface area contributed by atoms with Crippen LogP contribution in [0.4, 0.5) is 0 Å². The summed E-state index contributed by atoms with van der Waals surface area (Å²) in [7, 11) is 0. The molecule has 0 saturated carbocycles. The zero-order valence-electron chi connectivity index (χ0n) is 15.2. The van der Waals surface area contributed by atoms with Crippen molar-refractivity contribution in [3.8, 4) is 11.6 Å².